The molecule has 1 aromatic rings. The summed E-state index contributed by atoms with van der Waals surface area (Å²) in [5, 5.41) is 0. The molecule has 4 heteroatoms. The van der Waals surface area contributed by atoms with Crippen LogP contribution in [0.5, 0.6) is 0 Å². The zero-order chi connectivity index (χ0) is 8.27. The third kappa shape index (κ3) is 2.54. The van der Waals surface area contributed by atoms with Crippen molar-refractivity contribution in [2.24, 2.45) is 0 Å². The van der Waals surface area contributed by atoms with E-state index in [4.69, 9.17) is 0 Å². The molecule has 0 saturated heterocycles. The van der Waals surface area contributed by atoms with E-state index in [0.717, 1.165) is 9.79 Å². The van der Waals surface area contributed by atoms with Crippen LogP contribution in [-0.4, -0.2) is 10.5 Å². The van der Waals surface area contributed by atoms with Gasteiger partial charge in [-0.1, -0.05) is 10.8 Å². The number of rotatable bonds is 2. The number of hydrogen-bond donors (Lipinski definition) is 1. The summed E-state index contributed by atoms with van der Waals surface area (Å²) >= 11 is 4.04. The average molecular weight is 204 g/mol. The van der Waals surface area contributed by atoms with Crippen molar-refractivity contribution in [1.29, 1.82) is 0 Å². The molecular weight excluding hydrogens is 196 g/mol. The first-order valence-corrected chi connectivity index (χ1v) is 6.41. The van der Waals surface area contributed by atoms with Gasteiger partial charge in [0.25, 0.3) is 0 Å². The van der Waals surface area contributed by atoms with E-state index in [9.17, 15) is 4.21 Å². The summed E-state index contributed by atoms with van der Waals surface area (Å²) in [6, 6.07) is 7.53. The highest BCUT2D eigenvalue weighted by Gasteiger charge is 1.95. The van der Waals surface area contributed by atoms with E-state index >= 15 is 0 Å². The van der Waals surface area contributed by atoms with Gasteiger partial charge in [0.1, 0.15) is 0 Å². The Morgan fingerprint density at radius 1 is 1.36 bits per heavy atom. The highest BCUT2D eigenvalue weighted by atomic mass is 33.1. The predicted octanol–water partition coefficient (Wildman–Crippen LogP) is 2.36. The summed E-state index contributed by atoms with van der Waals surface area (Å²) in [5.41, 5.74) is 0. The number of benzene rings is 1. The zero-order valence-corrected chi connectivity index (χ0v) is 8.51. The Balaban J connectivity index is 2.91. The molecule has 0 fully saturated rings. The van der Waals surface area contributed by atoms with Crippen LogP contribution >= 0.6 is 22.5 Å². The van der Waals surface area contributed by atoms with Crippen LogP contribution in [0.3, 0.4) is 0 Å². The average Bonchev–Trinajstić information content (AvgIpc) is 2.05. The van der Waals surface area contributed by atoms with E-state index in [1.807, 2.05) is 24.3 Å². The second kappa shape index (κ2) is 4.18. The Morgan fingerprint density at radius 3 is 2.27 bits per heavy atom. The smallest absolute Gasteiger partial charge is 0.0498 e. The molecule has 0 amide bonds. The second-order valence-corrected chi connectivity index (χ2v) is 4.60. The third-order valence-corrected chi connectivity index (χ3v) is 3.31. The van der Waals surface area contributed by atoms with E-state index in [2.05, 4.69) is 11.7 Å². The predicted molar refractivity (Wildman–Crippen MR) is 53.6 cm³/mol. The van der Waals surface area contributed by atoms with Gasteiger partial charge in [-0.05, 0) is 24.3 Å². The lowest BCUT2D eigenvalue weighted by Crippen LogP contribution is -1.85. The van der Waals surface area contributed by atoms with Crippen molar-refractivity contribution >= 4 is 33.3 Å². The fraction of sp³-hybridized carbons (Fsp3) is 0.143. The number of thiol groups is 1. The first-order valence-electron chi connectivity index (χ1n) is 2.99. The molecule has 11 heavy (non-hydrogen) atoms. The van der Waals surface area contributed by atoms with Crippen molar-refractivity contribution < 1.29 is 4.21 Å². The highest BCUT2D eigenvalue weighted by Crippen LogP contribution is 2.21. The molecule has 1 atom stereocenters. The maximum atomic E-state index is 10.9. The maximum absolute atomic E-state index is 10.9. The Morgan fingerprint density at radius 2 is 1.91 bits per heavy atom. The van der Waals surface area contributed by atoms with Gasteiger partial charge in [0, 0.05) is 26.8 Å². The molecule has 1 nitrogen and oxygen atoms in total. The first-order chi connectivity index (χ1) is 5.24. The van der Waals surface area contributed by atoms with E-state index in [-0.39, 0.29) is 0 Å². The molecular formula is C7H8OS3. The fourth-order valence-electron chi connectivity index (χ4n) is 0.692. The minimum atomic E-state index is -0.873. The van der Waals surface area contributed by atoms with Gasteiger partial charge in [-0.25, -0.2) is 0 Å². The van der Waals surface area contributed by atoms with E-state index in [0.29, 0.717) is 0 Å². The molecule has 0 aromatic heterocycles. The molecule has 0 bridgehead atoms. The summed E-state index contributed by atoms with van der Waals surface area (Å²) in [7, 11) is 0.511. The Hall–Kier alpha value is 0.0700. The van der Waals surface area contributed by atoms with Gasteiger partial charge in [-0.3, -0.25) is 4.21 Å². The van der Waals surface area contributed by atoms with Crippen LogP contribution in [0.25, 0.3) is 0 Å². The lowest BCUT2D eigenvalue weighted by atomic mass is 10.4. The van der Waals surface area contributed by atoms with Gasteiger partial charge in [0.15, 0.2) is 0 Å². The van der Waals surface area contributed by atoms with Crippen molar-refractivity contribution in [3.63, 3.8) is 0 Å². The van der Waals surface area contributed by atoms with Gasteiger partial charge in [-0.15, -0.1) is 11.7 Å². The standard InChI is InChI=1S/C7H8OS3/c1-11(8)7-4-2-6(10-9)3-5-7/h2-5,9H,1H3. The lowest BCUT2D eigenvalue weighted by molar-refractivity contribution is 0.686. The lowest BCUT2D eigenvalue weighted by Gasteiger charge is -1.96. The van der Waals surface area contributed by atoms with Crippen molar-refractivity contribution in [3.05, 3.63) is 24.3 Å². The maximum Gasteiger partial charge on any atom is 0.0498 e. The Labute approximate surface area is 77.8 Å². The van der Waals surface area contributed by atoms with Crippen molar-refractivity contribution in [2.45, 2.75) is 9.79 Å². The molecule has 60 valence electrons. The van der Waals surface area contributed by atoms with Crippen LogP contribution < -0.4 is 0 Å². The highest BCUT2D eigenvalue weighted by molar-refractivity contribution is 8.68. The van der Waals surface area contributed by atoms with E-state index in [1.165, 1.54) is 10.8 Å². The van der Waals surface area contributed by atoms with Crippen molar-refractivity contribution in [2.75, 3.05) is 6.26 Å². The summed E-state index contributed by atoms with van der Waals surface area (Å²) in [5.74, 6) is 0. The molecule has 0 aliphatic rings. The van der Waals surface area contributed by atoms with Gasteiger partial charge < -0.3 is 0 Å². The summed E-state index contributed by atoms with van der Waals surface area (Å²) in [4.78, 5) is 1.93. The van der Waals surface area contributed by atoms with Gasteiger partial charge in [0.2, 0.25) is 0 Å². The van der Waals surface area contributed by atoms with Crippen LogP contribution in [0.2, 0.25) is 0 Å². The molecule has 0 spiro atoms. The summed E-state index contributed by atoms with van der Waals surface area (Å²) in [6.07, 6.45) is 1.67. The SMILES string of the molecule is CS(=O)c1ccc(SS)cc1. The molecule has 0 radical (unpaired) electrons. The number of hydrogen-bond acceptors (Lipinski definition) is 3. The second-order valence-electron chi connectivity index (χ2n) is 2.02. The minimum absolute atomic E-state index is 0.858. The molecule has 1 aromatic carbocycles. The van der Waals surface area contributed by atoms with Crippen molar-refractivity contribution in [1.82, 2.24) is 0 Å². The van der Waals surface area contributed by atoms with Crippen molar-refractivity contribution in [3.8, 4) is 0 Å². The molecule has 0 N–H and O–H groups in total. The Kier molecular flexibility index (Phi) is 3.48. The van der Waals surface area contributed by atoms with Crippen LogP contribution in [0, 0.1) is 0 Å². The molecule has 1 unspecified atom stereocenters. The molecule has 0 heterocycles. The van der Waals surface area contributed by atoms with Gasteiger partial charge in [0.05, 0.1) is 0 Å². The topological polar surface area (TPSA) is 17.1 Å². The normalized spacial score (nSPS) is 12.9. The quantitative estimate of drug-likeness (QED) is 0.588. The largest absolute Gasteiger partial charge is 0.255 e. The molecule has 0 aliphatic heterocycles. The molecule has 1 rings (SSSR count). The molecule has 0 saturated carbocycles. The fourth-order valence-corrected chi connectivity index (χ4v) is 1.83. The van der Waals surface area contributed by atoms with Crippen LogP contribution in [0.15, 0.2) is 34.1 Å². The minimum Gasteiger partial charge on any atom is -0.255 e. The summed E-state index contributed by atoms with van der Waals surface area (Å²) < 4.78 is 10.9. The molecule has 0 aliphatic carbocycles. The van der Waals surface area contributed by atoms with Crippen LogP contribution in [0.4, 0.5) is 0 Å². The first kappa shape index (κ1) is 9.16. The summed E-state index contributed by atoms with van der Waals surface area (Å²) in [6.45, 7) is 0. The Bertz CT molecular complexity index is 255. The third-order valence-electron chi connectivity index (χ3n) is 1.26. The van der Waals surface area contributed by atoms with E-state index in [1.54, 1.807) is 6.26 Å². The van der Waals surface area contributed by atoms with Crippen LogP contribution in [0.1, 0.15) is 0 Å². The monoisotopic (exact) mass is 204 g/mol. The van der Waals surface area contributed by atoms with E-state index < -0.39 is 10.8 Å². The van der Waals surface area contributed by atoms with Crippen LogP contribution in [-0.2, 0) is 10.8 Å². The zero-order valence-electron chi connectivity index (χ0n) is 5.98. The van der Waals surface area contributed by atoms with Gasteiger partial charge in [-0.2, -0.15) is 0 Å². The van der Waals surface area contributed by atoms with Gasteiger partial charge >= 0.3 is 0 Å².